The highest BCUT2D eigenvalue weighted by Gasteiger charge is 2.31. The van der Waals surface area contributed by atoms with E-state index in [1.165, 1.54) is 0 Å². The summed E-state index contributed by atoms with van der Waals surface area (Å²) in [5.41, 5.74) is 4.02. The number of nitrogens with zero attached hydrogens (tertiary/aromatic N) is 1. The van der Waals surface area contributed by atoms with Gasteiger partial charge in [0.25, 0.3) is 5.91 Å². The van der Waals surface area contributed by atoms with Crippen molar-refractivity contribution in [2.24, 2.45) is 0 Å². The molecule has 178 valence electrons. The second-order valence-electron chi connectivity index (χ2n) is 9.02. The van der Waals surface area contributed by atoms with Crippen molar-refractivity contribution in [3.63, 3.8) is 0 Å². The van der Waals surface area contributed by atoms with E-state index in [4.69, 9.17) is 16.3 Å². The van der Waals surface area contributed by atoms with Crippen molar-refractivity contribution in [3.8, 4) is 5.75 Å². The molecule has 0 aliphatic heterocycles. The molecule has 0 bridgehead atoms. The van der Waals surface area contributed by atoms with Gasteiger partial charge in [-0.1, -0.05) is 55.6 Å². The Morgan fingerprint density at radius 3 is 2.52 bits per heavy atom. The molecule has 1 atom stereocenters. The molecule has 1 N–H and O–H groups in total. The van der Waals surface area contributed by atoms with Crippen molar-refractivity contribution in [1.82, 2.24) is 10.2 Å². The van der Waals surface area contributed by atoms with Crippen LogP contribution in [0.15, 0.2) is 36.4 Å². The van der Waals surface area contributed by atoms with Crippen LogP contribution in [0.2, 0.25) is 5.02 Å². The lowest BCUT2D eigenvalue weighted by Gasteiger charge is -2.31. The molecule has 3 rings (SSSR count). The van der Waals surface area contributed by atoms with Crippen molar-refractivity contribution in [2.45, 2.75) is 78.4 Å². The number of hydrogen-bond acceptors (Lipinski definition) is 3. The standard InChI is InChI=1S/C27H35ClN2O3/c1-5-24(27(32)29-22-11-7-8-12-22)30(16-21-10-6-9-13-23(21)28)26(31)17-33-25-15-18(2)14-19(3)20(25)4/h6,9-10,13-15,22,24H,5,7-8,11-12,16-17H2,1-4H3,(H,29,32)/t24-/m0/s1. The van der Waals surface area contributed by atoms with Crippen LogP contribution in [-0.2, 0) is 16.1 Å². The summed E-state index contributed by atoms with van der Waals surface area (Å²) in [6.07, 6.45) is 4.77. The van der Waals surface area contributed by atoms with Gasteiger partial charge in [-0.05, 0) is 74.4 Å². The van der Waals surface area contributed by atoms with Gasteiger partial charge in [0.1, 0.15) is 11.8 Å². The van der Waals surface area contributed by atoms with Crippen LogP contribution < -0.4 is 10.1 Å². The second kappa shape index (κ2) is 11.6. The fourth-order valence-electron chi connectivity index (χ4n) is 4.47. The molecule has 0 unspecified atom stereocenters. The number of rotatable bonds is 9. The van der Waals surface area contributed by atoms with E-state index in [1.807, 2.05) is 52.0 Å². The van der Waals surface area contributed by atoms with Crippen LogP contribution in [0.25, 0.3) is 0 Å². The Balaban J connectivity index is 1.81. The molecule has 1 aliphatic rings. The van der Waals surface area contributed by atoms with Gasteiger partial charge in [0.2, 0.25) is 5.91 Å². The van der Waals surface area contributed by atoms with E-state index >= 15 is 0 Å². The number of carbonyl (C=O) groups is 2. The molecule has 1 saturated carbocycles. The molecule has 0 radical (unpaired) electrons. The van der Waals surface area contributed by atoms with Gasteiger partial charge in [-0.2, -0.15) is 0 Å². The van der Waals surface area contributed by atoms with E-state index in [2.05, 4.69) is 11.4 Å². The molecule has 1 aliphatic carbocycles. The largest absolute Gasteiger partial charge is 0.483 e. The second-order valence-corrected chi connectivity index (χ2v) is 9.43. The molecular formula is C27H35ClN2O3. The van der Waals surface area contributed by atoms with Crippen LogP contribution >= 0.6 is 11.6 Å². The molecule has 5 nitrogen and oxygen atoms in total. The summed E-state index contributed by atoms with van der Waals surface area (Å²) in [7, 11) is 0. The van der Waals surface area contributed by atoms with E-state index in [0.717, 1.165) is 47.9 Å². The Morgan fingerprint density at radius 2 is 1.85 bits per heavy atom. The number of halogens is 1. The van der Waals surface area contributed by atoms with E-state index in [1.54, 1.807) is 11.0 Å². The van der Waals surface area contributed by atoms with Crippen LogP contribution in [0, 0.1) is 20.8 Å². The molecule has 2 aromatic carbocycles. The lowest BCUT2D eigenvalue weighted by molar-refractivity contribution is -0.143. The fraction of sp³-hybridized carbons (Fsp3) is 0.481. The Kier molecular flexibility index (Phi) is 8.79. The first-order chi connectivity index (χ1) is 15.8. The summed E-state index contributed by atoms with van der Waals surface area (Å²) in [5.74, 6) is 0.358. The predicted octanol–water partition coefficient (Wildman–Crippen LogP) is 5.51. The minimum atomic E-state index is -0.585. The SMILES string of the molecule is CC[C@@H](C(=O)NC1CCCC1)N(Cc1ccccc1Cl)C(=O)COc1cc(C)cc(C)c1C. The maximum absolute atomic E-state index is 13.4. The average molecular weight is 471 g/mol. The van der Waals surface area contributed by atoms with Crippen molar-refractivity contribution in [1.29, 1.82) is 0 Å². The van der Waals surface area contributed by atoms with E-state index < -0.39 is 6.04 Å². The number of hydrogen-bond donors (Lipinski definition) is 1. The zero-order valence-electron chi connectivity index (χ0n) is 20.1. The molecule has 0 heterocycles. The van der Waals surface area contributed by atoms with Crippen molar-refractivity contribution >= 4 is 23.4 Å². The number of carbonyl (C=O) groups excluding carboxylic acids is 2. The van der Waals surface area contributed by atoms with Gasteiger partial charge in [-0.3, -0.25) is 9.59 Å². The van der Waals surface area contributed by atoms with Gasteiger partial charge in [-0.15, -0.1) is 0 Å². The van der Waals surface area contributed by atoms with Crippen molar-refractivity contribution in [3.05, 3.63) is 63.7 Å². The topological polar surface area (TPSA) is 58.6 Å². The first kappa shape index (κ1) is 25.1. The molecule has 0 spiro atoms. The molecule has 33 heavy (non-hydrogen) atoms. The summed E-state index contributed by atoms with van der Waals surface area (Å²) in [5, 5.41) is 3.73. The summed E-state index contributed by atoms with van der Waals surface area (Å²) in [4.78, 5) is 28.2. The van der Waals surface area contributed by atoms with E-state index in [0.29, 0.717) is 17.2 Å². The maximum atomic E-state index is 13.4. The Bertz CT molecular complexity index is 985. The predicted molar refractivity (Wildman–Crippen MR) is 133 cm³/mol. The highest BCUT2D eigenvalue weighted by atomic mass is 35.5. The molecule has 2 aromatic rings. The summed E-state index contributed by atoms with van der Waals surface area (Å²) in [6.45, 7) is 8.07. The zero-order valence-corrected chi connectivity index (χ0v) is 20.9. The normalized spacial score (nSPS) is 14.7. The van der Waals surface area contributed by atoms with Crippen LogP contribution in [0.3, 0.4) is 0 Å². The van der Waals surface area contributed by atoms with E-state index in [9.17, 15) is 9.59 Å². The van der Waals surface area contributed by atoms with Crippen LogP contribution in [0.4, 0.5) is 0 Å². The minimum Gasteiger partial charge on any atom is -0.483 e. The summed E-state index contributed by atoms with van der Waals surface area (Å²) < 4.78 is 5.96. The van der Waals surface area contributed by atoms with Gasteiger partial charge < -0.3 is 15.0 Å². The molecule has 0 aromatic heterocycles. The van der Waals surface area contributed by atoms with E-state index in [-0.39, 0.29) is 31.0 Å². The van der Waals surface area contributed by atoms with Crippen LogP contribution in [0.1, 0.15) is 61.3 Å². The number of nitrogens with one attached hydrogen (secondary N) is 1. The number of aryl methyl sites for hydroxylation is 2. The third-order valence-electron chi connectivity index (χ3n) is 6.50. The minimum absolute atomic E-state index is 0.104. The molecular weight excluding hydrogens is 436 g/mol. The highest BCUT2D eigenvalue weighted by molar-refractivity contribution is 6.31. The summed E-state index contributed by atoms with van der Waals surface area (Å²) >= 11 is 6.40. The molecule has 0 saturated heterocycles. The molecule has 6 heteroatoms. The summed E-state index contributed by atoms with van der Waals surface area (Å²) in [6, 6.07) is 11.1. The lowest BCUT2D eigenvalue weighted by atomic mass is 10.1. The first-order valence-electron chi connectivity index (χ1n) is 11.8. The monoisotopic (exact) mass is 470 g/mol. The quantitative estimate of drug-likeness (QED) is 0.525. The van der Waals surface area contributed by atoms with Gasteiger partial charge in [0.05, 0.1) is 0 Å². The van der Waals surface area contributed by atoms with Gasteiger partial charge in [0.15, 0.2) is 6.61 Å². The van der Waals surface area contributed by atoms with Gasteiger partial charge in [-0.25, -0.2) is 0 Å². The maximum Gasteiger partial charge on any atom is 0.261 e. The highest BCUT2D eigenvalue weighted by Crippen LogP contribution is 2.25. The average Bonchev–Trinajstić information content (AvgIpc) is 3.29. The number of benzene rings is 2. The Labute approximate surface area is 202 Å². The third-order valence-corrected chi connectivity index (χ3v) is 6.87. The van der Waals surface area contributed by atoms with Crippen LogP contribution in [-0.4, -0.2) is 35.4 Å². The van der Waals surface area contributed by atoms with Crippen LogP contribution in [0.5, 0.6) is 5.75 Å². The molecule has 2 amide bonds. The number of ether oxygens (including phenoxy) is 1. The lowest BCUT2D eigenvalue weighted by Crippen LogP contribution is -2.52. The Hall–Kier alpha value is -2.53. The van der Waals surface area contributed by atoms with Gasteiger partial charge in [0, 0.05) is 17.6 Å². The fourth-order valence-corrected chi connectivity index (χ4v) is 4.67. The zero-order chi connectivity index (χ0) is 24.0. The van der Waals surface area contributed by atoms with Crippen molar-refractivity contribution < 1.29 is 14.3 Å². The van der Waals surface area contributed by atoms with Crippen molar-refractivity contribution in [2.75, 3.05) is 6.61 Å². The molecule has 1 fully saturated rings. The van der Waals surface area contributed by atoms with Gasteiger partial charge >= 0.3 is 0 Å². The smallest absolute Gasteiger partial charge is 0.261 e. The first-order valence-corrected chi connectivity index (χ1v) is 12.2. The Morgan fingerprint density at radius 1 is 1.15 bits per heavy atom. The third kappa shape index (κ3) is 6.50. The number of amides is 2.